The van der Waals surface area contributed by atoms with Crippen LogP contribution in [-0.4, -0.2) is 74.9 Å². The van der Waals surface area contributed by atoms with Crippen molar-refractivity contribution in [1.29, 1.82) is 0 Å². The first-order valence-corrected chi connectivity index (χ1v) is 12.7. The fourth-order valence-electron chi connectivity index (χ4n) is 3.55. The van der Waals surface area contributed by atoms with Gasteiger partial charge in [0, 0.05) is 25.0 Å². The van der Waals surface area contributed by atoms with Crippen molar-refractivity contribution in [2.45, 2.75) is 49.9 Å². The highest BCUT2D eigenvalue weighted by Crippen LogP contribution is 2.12. The Balaban J connectivity index is 2.16. The molecule has 39 heavy (non-hydrogen) atoms. The molecular formula is C26H32N4O8S. The maximum atomic E-state index is 13.2. The van der Waals surface area contributed by atoms with Crippen LogP contribution in [0.1, 0.15) is 24.0 Å². The largest absolute Gasteiger partial charge is 0.508 e. The number of aromatic hydroxyl groups is 1. The first kappa shape index (κ1) is 31.1. The van der Waals surface area contributed by atoms with Gasteiger partial charge >= 0.3 is 11.9 Å². The number of carbonyl (C=O) groups is 5. The Kier molecular flexibility index (Phi) is 12.2. The second kappa shape index (κ2) is 15.3. The van der Waals surface area contributed by atoms with Gasteiger partial charge in [0.25, 0.3) is 0 Å². The highest BCUT2D eigenvalue weighted by atomic mass is 32.1. The minimum absolute atomic E-state index is 0.00831. The van der Waals surface area contributed by atoms with Gasteiger partial charge in [0.1, 0.15) is 23.9 Å². The Bertz CT molecular complexity index is 1150. The van der Waals surface area contributed by atoms with Gasteiger partial charge in [-0.3, -0.25) is 19.2 Å². The predicted molar refractivity (Wildman–Crippen MR) is 144 cm³/mol. The lowest BCUT2D eigenvalue weighted by atomic mass is 10.0. The number of hydrogen-bond donors (Lipinski definition) is 8. The molecule has 0 saturated heterocycles. The Morgan fingerprint density at radius 2 is 1.26 bits per heavy atom. The first-order valence-electron chi connectivity index (χ1n) is 12.0. The Hall–Kier alpha value is -4.10. The van der Waals surface area contributed by atoms with Crippen molar-refractivity contribution < 1.29 is 39.3 Å². The highest BCUT2D eigenvalue weighted by molar-refractivity contribution is 7.80. The second-order valence-electron chi connectivity index (χ2n) is 8.80. The molecule has 0 fully saturated rings. The maximum absolute atomic E-state index is 13.2. The molecule has 0 aliphatic carbocycles. The van der Waals surface area contributed by atoms with Crippen LogP contribution in [0.3, 0.4) is 0 Å². The Labute approximate surface area is 230 Å². The quantitative estimate of drug-likeness (QED) is 0.136. The normalized spacial score (nSPS) is 13.8. The van der Waals surface area contributed by atoms with Gasteiger partial charge in [0.2, 0.25) is 17.7 Å². The summed E-state index contributed by atoms with van der Waals surface area (Å²) >= 11 is 4.09. The highest BCUT2D eigenvalue weighted by Gasteiger charge is 2.30. The van der Waals surface area contributed by atoms with Gasteiger partial charge in [-0.25, -0.2) is 4.79 Å². The van der Waals surface area contributed by atoms with Crippen molar-refractivity contribution in [3.05, 3.63) is 65.7 Å². The summed E-state index contributed by atoms with van der Waals surface area (Å²) in [4.78, 5) is 61.2. The van der Waals surface area contributed by atoms with Crippen LogP contribution in [0.25, 0.3) is 0 Å². The summed E-state index contributed by atoms with van der Waals surface area (Å²) in [5, 5.41) is 35.3. The van der Waals surface area contributed by atoms with Crippen molar-refractivity contribution in [3.63, 3.8) is 0 Å². The van der Waals surface area contributed by atoms with Gasteiger partial charge in [0.15, 0.2) is 0 Å². The van der Waals surface area contributed by atoms with Crippen LogP contribution in [-0.2, 0) is 36.8 Å². The third kappa shape index (κ3) is 10.7. The third-order valence-electron chi connectivity index (χ3n) is 5.73. The number of amides is 3. The van der Waals surface area contributed by atoms with Crippen LogP contribution < -0.4 is 21.7 Å². The van der Waals surface area contributed by atoms with Gasteiger partial charge < -0.3 is 37.0 Å². The number of carboxylic acids is 2. The lowest BCUT2D eigenvalue weighted by Crippen LogP contribution is -2.58. The average Bonchev–Trinajstić information content (AvgIpc) is 2.90. The number of hydrogen-bond acceptors (Lipinski definition) is 8. The molecule has 3 amide bonds. The van der Waals surface area contributed by atoms with E-state index in [0.29, 0.717) is 11.1 Å². The SMILES string of the molecule is NC(CCC(=O)O)C(=O)NC(CS)C(=O)NC(Cc1ccccc1)C(=O)NC(Cc1ccc(O)cc1)C(=O)O. The van der Waals surface area contributed by atoms with Crippen molar-refractivity contribution in [3.8, 4) is 5.75 Å². The number of thiol groups is 1. The number of benzene rings is 2. The number of nitrogens with one attached hydrogen (secondary N) is 3. The van der Waals surface area contributed by atoms with E-state index < -0.39 is 53.8 Å². The number of phenolic OH excluding ortho intramolecular Hbond substituents is 1. The standard InChI is InChI=1S/C26H32N4O8S/c27-18(10-11-22(32)33)23(34)30-21(14-39)25(36)28-19(12-15-4-2-1-3-5-15)24(35)29-20(26(37)38)13-16-6-8-17(31)9-7-16/h1-9,18-21,31,39H,10-14,27H2,(H,28,36)(H,29,35)(H,30,34)(H,32,33)(H,37,38). The van der Waals surface area contributed by atoms with Crippen LogP contribution in [0.4, 0.5) is 0 Å². The molecule has 4 atom stereocenters. The van der Waals surface area contributed by atoms with E-state index in [-0.39, 0.29) is 37.2 Å². The number of phenols is 1. The molecule has 0 radical (unpaired) electrons. The molecule has 0 bridgehead atoms. The fourth-order valence-corrected chi connectivity index (χ4v) is 3.81. The number of nitrogens with two attached hydrogens (primary N) is 1. The molecule has 210 valence electrons. The zero-order valence-corrected chi connectivity index (χ0v) is 21.8. The van der Waals surface area contributed by atoms with Gasteiger partial charge in [-0.15, -0.1) is 0 Å². The number of carbonyl (C=O) groups excluding carboxylic acids is 3. The molecule has 2 aromatic rings. The van der Waals surface area contributed by atoms with Crippen molar-refractivity contribution in [1.82, 2.24) is 16.0 Å². The van der Waals surface area contributed by atoms with Gasteiger partial charge in [-0.05, 0) is 29.7 Å². The van der Waals surface area contributed by atoms with Crippen LogP contribution in [0.2, 0.25) is 0 Å². The summed E-state index contributed by atoms with van der Waals surface area (Å²) in [5.74, 6) is -4.84. The van der Waals surface area contributed by atoms with E-state index in [1.165, 1.54) is 24.3 Å². The fraction of sp³-hybridized carbons (Fsp3) is 0.346. The van der Waals surface area contributed by atoms with Crippen molar-refractivity contribution >= 4 is 42.3 Å². The molecule has 0 aromatic heterocycles. The molecule has 13 heteroatoms. The van der Waals surface area contributed by atoms with Crippen molar-refractivity contribution in [2.24, 2.45) is 5.73 Å². The molecule has 2 rings (SSSR count). The summed E-state index contributed by atoms with van der Waals surface area (Å²) < 4.78 is 0. The third-order valence-corrected chi connectivity index (χ3v) is 6.09. The van der Waals surface area contributed by atoms with E-state index in [9.17, 15) is 34.2 Å². The molecule has 0 saturated carbocycles. The van der Waals surface area contributed by atoms with E-state index in [0.717, 1.165) is 0 Å². The van der Waals surface area contributed by atoms with Gasteiger partial charge in [-0.2, -0.15) is 12.6 Å². The minimum atomic E-state index is -1.33. The summed E-state index contributed by atoms with van der Waals surface area (Å²) in [6.07, 6.45) is -0.522. The second-order valence-corrected chi connectivity index (χ2v) is 9.17. The molecule has 4 unspecified atom stereocenters. The molecule has 0 spiro atoms. The van der Waals surface area contributed by atoms with Crippen LogP contribution in [0, 0.1) is 0 Å². The average molecular weight is 561 g/mol. The van der Waals surface area contributed by atoms with E-state index >= 15 is 0 Å². The summed E-state index contributed by atoms with van der Waals surface area (Å²) in [6, 6.07) is 9.67. The Morgan fingerprint density at radius 3 is 1.82 bits per heavy atom. The Morgan fingerprint density at radius 1 is 0.744 bits per heavy atom. The number of carboxylic acid groups (broad SMARTS) is 2. The topological polar surface area (TPSA) is 208 Å². The van der Waals surface area contributed by atoms with E-state index in [1.54, 1.807) is 30.3 Å². The zero-order chi connectivity index (χ0) is 28.9. The van der Waals surface area contributed by atoms with Crippen LogP contribution in [0.5, 0.6) is 5.75 Å². The van der Waals surface area contributed by atoms with Crippen molar-refractivity contribution in [2.75, 3.05) is 5.75 Å². The van der Waals surface area contributed by atoms with Gasteiger partial charge in [0.05, 0.1) is 6.04 Å². The van der Waals surface area contributed by atoms with Crippen LogP contribution in [0.15, 0.2) is 54.6 Å². The van der Waals surface area contributed by atoms with E-state index in [1.807, 2.05) is 0 Å². The zero-order valence-electron chi connectivity index (χ0n) is 20.9. The van der Waals surface area contributed by atoms with Crippen LogP contribution >= 0.6 is 12.6 Å². The summed E-state index contributed by atoms with van der Waals surface area (Å²) in [7, 11) is 0. The molecule has 0 aliphatic heterocycles. The van der Waals surface area contributed by atoms with Gasteiger partial charge in [-0.1, -0.05) is 42.5 Å². The predicted octanol–water partition coefficient (Wildman–Crippen LogP) is -0.162. The molecule has 0 heterocycles. The van der Waals surface area contributed by atoms with E-state index in [4.69, 9.17) is 10.8 Å². The summed E-state index contributed by atoms with van der Waals surface area (Å²) in [6.45, 7) is 0. The molecule has 2 aromatic carbocycles. The number of aliphatic carboxylic acids is 2. The smallest absolute Gasteiger partial charge is 0.326 e. The lowest BCUT2D eigenvalue weighted by Gasteiger charge is -2.25. The first-order chi connectivity index (χ1) is 18.5. The monoisotopic (exact) mass is 560 g/mol. The number of rotatable bonds is 15. The molecule has 12 nitrogen and oxygen atoms in total. The lowest BCUT2D eigenvalue weighted by molar-refractivity contribution is -0.142. The molecule has 8 N–H and O–H groups in total. The van der Waals surface area contributed by atoms with E-state index in [2.05, 4.69) is 28.6 Å². The molecular weight excluding hydrogens is 528 g/mol. The minimum Gasteiger partial charge on any atom is -0.508 e. The maximum Gasteiger partial charge on any atom is 0.326 e. The summed E-state index contributed by atoms with van der Waals surface area (Å²) in [5.41, 5.74) is 6.95. The molecule has 0 aliphatic rings.